The van der Waals surface area contributed by atoms with Crippen LogP contribution in [0.15, 0.2) is 29.2 Å². The van der Waals surface area contributed by atoms with Crippen molar-refractivity contribution in [2.45, 2.75) is 37.1 Å². The lowest BCUT2D eigenvalue weighted by molar-refractivity contribution is -0.127. The van der Waals surface area contributed by atoms with Gasteiger partial charge in [-0.05, 0) is 50.6 Å². The molecule has 0 aromatic heterocycles. The van der Waals surface area contributed by atoms with Crippen LogP contribution in [0, 0.1) is 5.92 Å². The molecular formula is C17H26N2O3S. The SMILES string of the molecule is CC[C@@H](NC(=O)[C@H]1CCCN(C)C1)c1ccc(S(C)(=O)=O)cc1. The molecule has 1 N–H and O–H groups in total. The van der Waals surface area contributed by atoms with Gasteiger partial charge >= 0.3 is 0 Å². The maximum atomic E-state index is 12.5. The molecule has 128 valence electrons. The molecule has 0 bridgehead atoms. The van der Waals surface area contributed by atoms with Crippen molar-refractivity contribution in [2.75, 3.05) is 26.4 Å². The highest BCUT2D eigenvalue weighted by Crippen LogP contribution is 2.21. The molecule has 5 nitrogen and oxygen atoms in total. The van der Waals surface area contributed by atoms with E-state index in [2.05, 4.69) is 10.2 Å². The van der Waals surface area contributed by atoms with Crippen LogP contribution in [0.5, 0.6) is 0 Å². The van der Waals surface area contributed by atoms with Gasteiger partial charge in [-0.1, -0.05) is 19.1 Å². The minimum absolute atomic E-state index is 0.0399. The number of piperidine rings is 1. The van der Waals surface area contributed by atoms with E-state index in [4.69, 9.17) is 0 Å². The summed E-state index contributed by atoms with van der Waals surface area (Å²) in [5, 5.41) is 3.12. The van der Waals surface area contributed by atoms with Gasteiger partial charge in [-0.3, -0.25) is 4.79 Å². The van der Waals surface area contributed by atoms with Gasteiger partial charge in [0.25, 0.3) is 0 Å². The number of benzene rings is 1. The van der Waals surface area contributed by atoms with Crippen molar-refractivity contribution < 1.29 is 13.2 Å². The lowest BCUT2D eigenvalue weighted by Crippen LogP contribution is -2.42. The third-order valence-corrected chi connectivity index (χ3v) is 5.56. The van der Waals surface area contributed by atoms with E-state index in [0.29, 0.717) is 4.90 Å². The second kappa shape index (κ2) is 7.45. The molecule has 1 amide bonds. The number of hydrogen-bond donors (Lipinski definition) is 1. The number of amides is 1. The molecular weight excluding hydrogens is 312 g/mol. The minimum Gasteiger partial charge on any atom is -0.349 e. The van der Waals surface area contributed by atoms with E-state index < -0.39 is 9.84 Å². The summed E-state index contributed by atoms with van der Waals surface area (Å²) in [6, 6.07) is 6.71. The summed E-state index contributed by atoms with van der Waals surface area (Å²) in [6.07, 6.45) is 3.95. The van der Waals surface area contributed by atoms with Gasteiger partial charge in [0.05, 0.1) is 16.9 Å². The summed E-state index contributed by atoms with van der Waals surface area (Å²) in [5.41, 5.74) is 0.942. The molecule has 0 unspecified atom stereocenters. The first-order valence-corrected chi connectivity index (χ1v) is 9.99. The van der Waals surface area contributed by atoms with Crippen molar-refractivity contribution in [3.63, 3.8) is 0 Å². The van der Waals surface area contributed by atoms with Gasteiger partial charge in [-0.25, -0.2) is 8.42 Å². The van der Waals surface area contributed by atoms with Gasteiger partial charge in [-0.2, -0.15) is 0 Å². The molecule has 2 rings (SSSR count). The molecule has 1 aromatic rings. The van der Waals surface area contributed by atoms with Crippen molar-refractivity contribution in [2.24, 2.45) is 5.92 Å². The monoisotopic (exact) mass is 338 g/mol. The molecule has 0 spiro atoms. The van der Waals surface area contributed by atoms with Gasteiger partial charge in [0, 0.05) is 12.8 Å². The predicted octanol–water partition coefficient (Wildman–Crippen LogP) is 2.00. The molecule has 0 saturated carbocycles. The highest BCUT2D eigenvalue weighted by atomic mass is 32.2. The van der Waals surface area contributed by atoms with Gasteiger partial charge in [-0.15, -0.1) is 0 Å². The van der Waals surface area contributed by atoms with Gasteiger partial charge in [0.15, 0.2) is 9.84 Å². The Morgan fingerprint density at radius 3 is 2.52 bits per heavy atom. The number of hydrogen-bond acceptors (Lipinski definition) is 4. The van der Waals surface area contributed by atoms with Gasteiger partial charge in [0.2, 0.25) is 5.91 Å². The maximum Gasteiger partial charge on any atom is 0.224 e. The van der Waals surface area contributed by atoms with Crippen LogP contribution in [0.3, 0.4) is 0 Å². The van der Waals surface area contributed by atoms with Crippen LogP contribution in [-0.2, 0) is 14.6 Å². The van der Waals surface area contributed by atoms with Crippen LogP contribution < -0.4 is 5.32 Å². The number of nitrogens with zero attached hydrogens (tertiary/aromatic N) is 1. The molecule has 2 atom stereocenters. The number of nitrogens with one attached hydrogen (secondary N) is 1. The number of carbonyl (C=O) groups is 1. The molecule has 0 aliphatic carbocycles. The second-order valence-electron chi connectivity index (χ2n) is 6.41. The van der Waals surface area contributed by atoms with Crippen LogP contribution in [-0.4, -0.2) is 45.6 Å². The Bertz CT molecular complexity index is 640. The van der Waals surface area contributed by atoms with Crippen molar-refractivity contribution in [1.29, 1.82) is 0 Å². The first-order chi connectivity index (χ1) is 10.8. The quantitative estimate of drug-likeness (QED) is 0.892. The van der Waals surface area contributed by atoms with Crippen molar-refractivity contribution >= 4 is 15.7 Å². The molecule has 1 aliphatic rings. The molecule has 1 fully saturated rings. The summed E-state index contributed by atoms with van der Waals surface area (Å²) >= 11 is 0. The van der Waals surface area contributed by atoms with Crippen molar-refractivity contribution in [3.05, 3.63) is 29.8 Å². The fourth-order valence-electron chi connectivity index (χ4n) is 3.04. The Labute approximate surface area is 139 Å². The average molecular weight is 338 g/mol. The minimum atomic E-state index is -3.19. The van der Waals surface area contributed by atoms with Crippen LogP contribution >= 0.6 is 0 Å². The van der Waals surface area contributed by atoms with Crippen LogP contribution in [0.4, 0.5) is 0 Å². The van der Waals surface area contributed by atoms with Crippen LogP contribution in [0.25, 0.3) is 0 Å². The molecule has 23 heavy (non-hydrogen) atoms. The summed E-state index contributed by atoms with van der Waals surface area (Å²) in [6.45, 7) is 3.87. The summed E-state index contributed by atoms with van der Waals surface area (Å²) < 4.78 is 23.0. The van der Waals surface area contributed by atoms with E-state index in [9.17, 15) is 13.2 Å². The van der Waals surface area contributed by atoms with Gasteiger partial charge in [0.1, 0.15) is 0 Å². The second-order valence-corrected chi connectivity index (χ2v) is 8.43. The zero-order valence-corrected chi connectivity index (χ0v) is 14.9. The topological polar surface area (TPSA) is 66.5 Å². The zero-order valence-electron chi connectivity index (χ0n) is 14.1. The Kier molecular flexibility index (Phi) is 5.81. The summed E-state index contributed by atoms with van der Waals surface area (Å²) in [4.78, 5) is 15.0. The Balaban J connectivity index is 2.06. The molecule has 1 saturated heterocycles. The van der Waals surface area contributed by atoms with Gasteiger partial charge < -0.3 is 10.2 Å². The fourth-order valence-corrected chi connectivity index (χ4v) is 3.67. The molecule has 1 heterocycles. The van der Waals surface area contributed by atoms with E-state index in [1.807, 2.05) is 14.0 Å². The lowest BCUT2D eigenvalue weighted by atomic mass is 9.96. The fraction of sp³-hybridized carbons (Fsp3) is 0.588. The van der Waals surface area contributed by atoms with E-state index in [0.717, 1.165) is 37.9 Å². The van der Waals surface area contributed by atoms with Crippen LogP contribution in [0.1, 0.15) is 37.8 Å². The normalized spacial score (nSPS) is 20.9. The largest absolute Gasteiger partial charge is 0.349 e. The molecule has 0 radical (unpaired) electrons. The Morgan fingerprint density at radius 2 is 2.00 bits per heavy atom. The molecule has 6 heteroatoms. The predicted molar refractivity (Wildman–Crippen MR) is 90.9 cm³/mol. The zero-order chi connectivity index (χ0) is 17.0. The molecule has 1 aromatic carbocycles. The smallest absolute Gasteiger partial charge is 0.224 e. The number of sulfone groups is 1. The lowest BCUT2D eigenvalue weighted by Gasteiger charge is -2.30. The third kappa shape index (κ3) is 4.78. The van der Waals surface area contributed by atoms with E-state index in [1.165, 1.54) is 6.26 Å². The number of likely N-dealkylation sites (tertiary alicyclic amines) is 1. The maximum absolute atomic E-state index is 12.5. The highest BCUT2D eigenvalue weighted by molar-refractivity contribution is 7.90. The number of carbonyl (C=O) groups excluding carboxylic acids is 1. The third-order valence-electron chi connectivity index (χ3n) is 4.43. The summed E-state index contributed by atoms with van der Waals surface area (Å²) in [5.74, 6) is 0.133. The van der Waals surface area contributed by atoms with E-state index in [1.54, 1.807) is 24.3 Å². The van der Waals surface area contributed by atoms with Crippen LogP contribution in [0.2, 0.25) is 0 Å². The number of rotatable bonds is 5. The highest BCUT2D eigenvalue weighted by Gasteiger charge is 2.25. The Morgan fingerprint density at radius 1 is 1.35 bits per heavy atom. The molecule has 1 aliphatic heterocycles. The first kappa shape index (κ1) is 17.9. The van der Waals surface area contributed by atoms with Crippen molar-refractivity contribution in [1.82, 2.24) is 10.2 Å². The van der Waals surface area contributed by atoms with E-state index in [-0.39, 0.29) is 17.9 Å². The standard InChI is InChI=1S/C17H26N2O3S/c1-4-16(13-7-9-15(10-8-13)23(3,21)22)18-17(20)14-6-5-11-19(2)12-14/h7-10,14,16H,4-6,11-12H2,1-3H3,(H,18,20)/t14-,16+/m0/s1. The first-order valence-electron chi connectivity index (χ1n) is 8.10. The van der Waals surface area contributed by atoms with E-state index >= 15 is 0 Å². The summed E-state index contributed by atoms with van der Waals surface area (Å²) in [7, 11) is -1.15. The van der Waals surface area contributed by atoms with Crippen molar-refractivity contribution in [3.8, 4) is 0 Å². The Hall–Kier alpha value is -1.40. The average Bonchev–Trinajstić information content (AvgIpc) is 2.51.